The quantitative estimate of drug-likeness (QED) is 0.533. The summed E-state index contributed by atoms with van der Waals surface area (Å²) in [7, 11) is 0. The van der Waals surface area contributed by atoms with E-state index in [0.717, 1.165) is 38.5 Å². The fraction of sp³-hybridized carbons (Fsp3) is 0.864. The first-order chi connectivity index (χ1) is 13.2. The van der Waals surface area contributed by atoms with Gasteiger partial charge in [-0.2, -0.15) is 0 Å². The number of esters is 2. The van der Waals surface area contributed by atoms with Crippen LogP contribution in [0.15, 0.2) is 0 Å². The average Bonchev–Trinajstić information content (AvgIpc) is 3.21. The molecule has 6 heteroatoms. The number of ether oxygens (including phenoxy) is 3. The summed E-state index contributed by atoms with van der Waals surface area (Å²) in [5, 5.41) is 0. The highest BCUT2D eigenvalue weighted by atomic mass is 16.6. The van der Waals surface area contributed by atoms with Gasteiger partial charge in [0.1, 0.15) is 17.8 Å². The predicted molar refractivity (Wildman–Crippen MR) is 98.2 cm³/mol. The Hall–Kier alpha value is -1.43. The van der Waals surface area contributed by atoms with Crippen molar-refractivity contribution < 1.29 is 28.6 Å². The van der Waals surface area contributed by atoms with Crippen LogP contribution in [0.25, 0.3) is 0 Å². The summed E-state index contributed by atoms with van der Waals surface area (Å²) in [6, 6.07) is 0. The molecule has 5 fully saturated rings. The van der Waals surface area contributed by atoms with Crippen LogP contribution < -0.4 is 0 Å². The van der Waals surface area contributed by atoms with E-state index in [0.29, 0.717) is 30.6 Å². The number of ketones is 1. The van der Waals surface area contributed by atoms with E-state index in [4.69, 9.17) is 14.2 Å². The standard InChI is InChI=1S/C22H30O6/c1-12(23)26-14-6-9-21-17-7-8-20(3)16(4-5-19(20)27-13(2)24)15(17)10-18(25)22(21,11-14)28-21/h14-17,19H,4-11H2,1-3H3/t14-,15-,16-,17-,19?,20-,21-,22+/m0/s1. The van der Waals surface area contributed by atoms with Crippen LogP contribution in [0.1, 0.15) is 72.1 Å². The second kappa shape index (κ2) is 5.80. The van der Waals surface area contributed by atoms with Gasteiger partial charge in [-0.05, 0) is 56.3 Å². The molecular formula is C22H30O6. The number of carbonyl (C=O) groups excluding carboxylic acids is 3. The molecule has 154 valence electrons. The summed E-state index contributed by atoms with van der Waals surface area (Å²) in [5.41, 5.74) is -1.09. The van der Waals surface area contributed by atoms with E-state index >= 15 is 0 Å². The normalized spacial score (nSPS) is 51.2. The van der Waals surface area contributed by atoms with Crippen molar-refractivity contribution in [1.82, 2.24) is 0 Å². The summed E-state index contributed by atoms with van der Waals surface area (Å²) >= 11 is 0. The van der Waals surface area contributed by atoms with Gasteiger partial charge in [-0.25, -0.2) is 0 Å². The fourth-order valence-electron chi connectivity index (χ4n) is 7.73. The van der Waals surface area contributed by atoms with Crippen molar-refractivity contribution in [2.75, 3.05) is 0 Å². The van der Waals surface area contributed by atoms with E-state index < -0.39 is 5.60 Å². The molecule has 1 saturated heterocycles. The van der Waals surface area contributed by atoms with Crippen LogP contribution in [0.2, 0.25) is 0 Å². The molecule has 0 N–H and O–H groups in total. The van der Waals surface area contributed by atoms with Crippen LogP contribution in [-0.4, -0.2) is 41.1 Å². The van der Waals surface area contributed by atoms with Crippen molar-refractivity contribution in [3.63, 3.8) is 0 Å². The van der Waals surface area contributed by atoms with Gasteiger partial charge in [0.05, 0.1) is 0 Å². The van der Waals surface area contributed by atoms with Gasteiger partial charge in [-0.1, -0.05) is 6.92 Å². The van der Waals surface area contributed by atoms with Gasteiger partial charge in [0.15, 0.2) is 11.4 Å². The van der Waals surface area contributed by atoms with Crippen molar-refractivity contribution in [3.8, 4) is 0 Å². The van der Waals surface area contributed by atoms with Gasteiger partial charge in [0, 0.05) is 32.1 Å². The van der Waals surface area contributed by atoms with Gasteiger partial charge in [0.25, 0.3) is 0 Å². The molecule has 28 heavy (non-hydrogen) atoms. The molecule has 0 aromatic carbocycles. The smallest absolute Gasteiger partial charge is 0.302 e. The van der Waals surface area contributed by atoms with E-state index in [1.54, 1.807) is 0 Å². The van der Waals surface area contributed by atoms with Crippen molar-refractivity contribution >= 4 is 17.7 Å². The average molecular weight is 390 g/mol. The number of carbonyl (C=O) groups is 3. The van der Waals surface area contributed by atoms with Crippen LogP contribution in [-0.2, 0) is 28.6 Å². The molecule has 5 aliphatic rings. The minimum atomic E-state index is -0.714. The lowest BCUT2D eigenvalue weighted by Gasteiger charge is -2.52. The predicted octanol–water partition coefficient (Wildman–Crippen LogP) is 2.96. The Morgan fingerprint density at radius 1 is 1.00 bits per heavy atom. The van der Waals surface area contributed by atoms with Gasteiger partial charge in [-0.15, -0.1) is 0 Å². The summed E-state index contributed by atoms with van der Waals surface area (Å²) in [5.74, 6) is 0.811. The molecule has 0 aromatic rings. The molecule has 0 bridgehead atoms. The highest BCUT2D eigenvalue weighted by molar-refractivity contribution is 5.94. The minimum Gasteiger partial charge on any atom is -0.462 e. The van der Waals surface area contributed by atoms with E-state index in [-0.39, 0.29) is 40.9 Å². The zero-order valence-corrected chi connectivity index (χ0v) is 17.0. The number of epoxide rings is 1. The summed E-state index contributed by atoms with van der Waals surface area (Å²) in [4.78, 5) is 36.2. The lowest BCUT2D eigenvalue weighted by atomic mass is 9.50. The summed E-state index contributed by atoms with van der Waals surface area (Å²) in [6.07, 6.45) is 6.34. The molecule has 1 heterocycles. The molecule has 5 rings (SSSR count). The third-order valence-corrected chi connectivity index (χ3v) is 8.81. The molecule has 0 amide bonds. The lowest BCUT2D eigenvalue weighted by molar-refractivity contribution is -0.158. The van der Waals surface area contributed by atoms with Crippen LogP contribution in [0, 0.1) is 23.2 Å². The molecule has 0 radical (unpaired) electrons. The van der Waals surface area contributed by atoms with Crippen LogP contribution in [0.3, 0.4) is 0 Å². The summed E-state index contributed by atoms with van der Waals surface area (Å²) in [6.45, 7) is 5.16. The largest absolute Gasteiger partial charge is 0.462 e. The molecule has 8 atom stereocenters. The Labute approximate surface area is 165 Å². The van der Waals surface area contributed by atoms with E-state index in [1.807, 2.05) is 0 Å². The van der Waals surface area contributed by atoms with Crippen LogP contribution in [0.4, 0.5) is 0 Å². The third-order valence-electron chi connectivity index (χ3n) is 8.81. The number of fused-ring (bicyclic) bond motifs is 3. The molecule has 0 aromatic heterocycles. The Balaban J connectivity index is 1.40. The Bertz CT molecular complexity index is 747. The Kier molecular flexibility index (Phi) is 3.85. The first-order valence-electron chi connectivity index (χ1n) is 10.8. The SMILES string of the molecule is CC(=O)OC1CC[C@H]2[C@@H]3CC(=O)[C@]45C[C@@H](OC(C)=O)CC[C@]4(O5)[C@H]3CC[C@]12C. The van der Waals surface area contributed by atoms with Crippen molar-refractivity contribution in [2.24, 2.45) is 23.2 Å². The van der Waals surface area contributed by atoms with E-state index in [2.05, 4.69) is 6.92 Å². The molecule has 1 aliphatic heterocycles. The highest BCUT2D eigenvalue weighted by Gasteiger charge is 2.82. The van der Waals surface area contributed by atoms with Crippen LogP contribution in [0.5, 0.6) is 0 Å². The Morgan fingerprint density at radius 3 is 2.46 bits per heavy atom. The van der Waals surface area contributed by atoms with Crippen molar-refractivity contribution in [3.05, 3.63) is 0 Å². The number of Topliss-reactive ketones (excluding diaryl/α,β-unsaturated/α-hetero) is 1. The first-order valence-corrected chi connectivity index (χ1v) is 10.8. The molecule has 6 nitrogen and oxygen atoms in total. The third kappa shape index (κ3) is 2.27. The highest BCUT2D eigenvalue weighted by Crippen LogP contribution is 2.72. The van der Waals surface area contributed by atoms with Crippen molar-refractivity contribution in [2.45, 2.75) is 95.5 Å². The fourth-order valence-corrected chi connectivity index (χ4v) is 7.73. The zero-order chi connectivity index (χ0) is 19.9. The first kappa shape index (κ1) is 18.6. The molecule has 4 aliphatic carbocycles. The second-order valence-corrected chi connectivity index (χ2v) is 10.0. The van der Waals surface area contributed by atoms with E-state index in [9.17, 15) is 14.4 Å². The van der Waals surface area contributed by atoms with E-state index in [1.165, 1.54) is 13.8 Å². The Morgan fingerprint density at radius 2 is 1.75 bits per heavy atom. The monoisotopic (exact) mass is 390 g/mol. The zero-order valence-electron chi connectivity index (χ0n) is 17.0. The molecular weight excluding hydrogens is 360 g/mol. The lowest BCUT2D eigenvalue weighted by Crippen LogP contribution is -2.57. The molecule has 0 spiro atoms. The van der Waals surface area contributed by atoms with Crippen molar-refractivity contribution in [1.29, 1.82) is 0 Å². The maximum atomic E-state index is 13.3. The maximum Gasteiger partial charge on any atom is 0.302 e. The topological polar surface area (TPSA) is 82.2 Å². The van der Waals surface area contributed by atoms with Gasteiger partial charge in [0.2, 0.25) is 0 Å². The number of rotatable bonds is 2. The second-order valence-electron chi connectivity index (χ2n) is 10.0. The van der Waals surface area contributed by atoms with Crippen LogP contribution >= 0.6 is 0 Å². The molecule has 1 unspecified atom stereocenters. The number of hydrogen-bond donors (Lipinski definition) is 0. The number of hydrogen-bond acceptors (Lipinski definition) is 6. The molecule has 4 saturated carbocycles. The van der Waals surface area contributed by atoms with Gasteiger partial charge in [-0.3, -0.25) is 14.4 Å². The minimum absolute atomic E-state index is 0.0324. The maximum absolute atomic E-state index is 13.3. The van der Waals surface area contributed by atoms with Gasteiger partial charge >= 0.3 is 11.9 Å². The van der Waals surface area contributed by atoms with Gasteiger partial charge < -0.3 is 14.2 Å². The summed E-state index contributed by atoms with van der Waals surface area (Å²) < 4.78 is 17.5.